The van der Waals surface area contributed by atoms with E-state index in [0.29, 0.717) is 5.71 Å². The molecular weight excluding hydrogens is 296 g/mol. The molecule has 0 aliphatic rings. The maximum absolute atomic E-state index is 5.41. The van der Waals surface area contributed by atoms with E-state index in [-0.39, 0.29) is 0 Å². The van der Waals surface area contributed by atoms with Crippen molar-refractivity contribution in [2.75, 3.05) is 0 Å². The molecule has 0 bridgehead atoms. The van der Waals surface area contributed by atoms with Crippen molar-refractivity contribution in [1.29, 1.82) is 0 Å². The molecule has 3 heteroatoms. The predicted molar refractivity (Wildman–Crippen MR) is 97.3 cm³/mol. The molecule has 0 aliphatic heterocycles. The van der Waals surface area contributed by atoms with Crippen molar-refractivity contribution in [1.82, 2.24) is 10.1 Å². The third kappa shape index (κ3) is 2.72. The molecule has 0 saturated heterocycles. The van der Waals surface area contributed by atoms with Crippen LogP contribution >= 0.6 is 0 Å². The first-order valence-electron chi connectivity index (χ1n) is 7.87. The van der Waals surface area contributed by atoms with Crippen LogP contribution in [0.5, 0.6) is 0 Å². The van der Waals surface area contributed by atoms with Gasteiger partial charge in [0.05, 0.1) is 16.8 Å². The molecule has 4 rings (SSSR count). The van der Waals surface area contributed by atoms with Gasteiger partial charge in [-0.2, -0.15) is 0 Å². The van der Waals surface area contributed by atoms with Gasteiger partial charge in [0.2, 0.25) is 0 Å². The van der Waals surface area contributed by atoms with Gasteiger partial charge in [-0.1, -0.05) is 71.9 Å². The molecule has 0 fully saturated rings. The van der Waals surface area contributed by atoms with E-state index in [9.17, 15) is 0 Å². The van der Waals surface area contributed by atoms with Gasteiger partial charge < -0.3 is 4.52 Å². The summed E-state index contributed by atoms with van der Waals surface area (Å²) in [5, 5.41) is 5.05. The van der Waals surface area contributed by atoms with E-state index in [2.05, 4.69) is 40.5 Å². The standard InChI is InChI=1S/C21H16N2O/c1-15-20-19(17-10-6-3-7-11-17)14-18(22-21(20)24-23-15)13-12-16-8-4-2-5-9-16/h2-14H,1H3. The third-order valence-corrected chi connectivity index (χ3v) is 3.97. The molecule has 0 amide bonds. The van der Waals surface area contributed by atoms with Crippen LogP contribution in [0.15, 0.2) is 71.3 Å². The van der Waals surface area contributed by atoms with Gasteiger partial charge >= 0.3 is 0 Å². The summed E-state index contributed by atoms with van der Waals surface area (Å²) in [4.78, 5) is 4.58. The number of benzene rings is 2. The van der Waals surface area contributed by atoms with Crippen LogP contribution in [0.2, 0.25) is 0 Å². The largest absolute Gasteiger partial charge is 0.336 e. The first-order valence-corrected chi connectivity index (χ1v) is 7.87. The molecule has 0 aliphatic carbocycles. The molecule has 2 aromatic heterocycles. The van der Waals surface area contributed by atoms with Gasteiger partial charge in [0.25, 0.3) is 5.71 Å². The molecular formula is C21H16N2O. The third-order valence-electron chi connectivity index (χ3n) is 3.97. The predicted octanol–water partition coefficient (Wildman–Crippen LogP) is 5.37. The fourth-order valence-electron chi connectivity index (χ4n) is 2.79. The van der Waals surface area contributed by atoms with Crippen molar-refractivity contribution in [2.45, 2.75) is 6.92 Å². The maximum atomic E-state index is 5.41. The number of nitrogens with zero attached hydrogens (tertiary/aromatic N) is 2. The number of rotatable bonds is 3. The van der Waals surface area contributed by atoms with Crippen LogP contribution < -0.4 is 0 Å². The van der Waals surface area contributed by atoms with Crippen molar-refractivity contribution in [3.63, 3.8) is 0 Å². The quantitative estimate of drug-likeness (QED) is 0.510. The fourth-order valence-corrected chi connectivity index (χ4v) is 2.79. The van der Waals surface area contributed by atoms with Crippen LogP contribution in [0, 0.1) is 6.92 Å². The number of pyridine rings is 1. The average molecular weight is 312 g/mol. The second-order valence-electron chi connectivity index (χ2n) is 5.65. The van der Waals surface area contributed by atoms with Gasteiger partial charge in [-0.3, -0.25) is 0 Å². The highest BCUT2D eigenvalue weighted by Gasteiger charge is 2.13. The summed E-state index contributed by atoms with van der Waals surface area (Å²) in [6.45, 7) is 1.94. The first kappa shape index (κ1) is 14.4. The summed E-state index contributed by atoms with van der Waals surface area (Å²) in [6.07, 6.45) is 4.05. The van der Waals surface area contributed by atoms with Crippen molar-refractivity contribution in [3.8, 4) is 11.1 Å². The Bertz CT molecular complexity index is 1000. The van der Waals surface area contributed by atoms with Crippen molar-refractivity contribution >= 4 is 23.3 Å². The van der Waals surface area contributed by atoms with E-state index in [1.165, 1.54) is 0 Å². The van der Waals surface area contributed by atoms with E-state index < -0.39 is 0 Å². The van der Waals surface area contributed by atoms with Crippen molar-refractivity contribution < 1.29 is 4.52 Å². The molecule has 3 nitrogen and oxygen atoms in total. The lowest BCUT2D eigenvalue weighted by atomic mass is 10.0. The van der Waals surface area contributed by atoms with Gasteiger partial charge in [0.1, 0.15) is 0 Å². The molecule has 0 spiro atoms. The number of aromatic nitrogens is 2. The van der Waals surface area contributed by atoms with E-state index in [1.54, 1.807) is 0 Å². The van der Waals surface area contributed by atoms with Gasteiger partial charge in [-0.25, -0.2) is 4.98 Å². The minimum atomic E-state index is 0.571. The highest BCUT2D eigenvalue weighted by Crippen LogP contribution is 2.31. The van der Waals surface area contributed by atoms with Crippen LogP contribution in [0.3, 0.4) is 0 Å². The van der Waals surface area contributed by atoms with Crippen molar-refractivity contribution in [2.24, 2.45) is 0 Å². The highest BCUT2D eigenvalue weighted by molar-refractivity contribution is 5.95. The fraction of sp³-hybridized carbons (Fsp3) is 0.0476. The van der Waals surface area contributed by atoms with Gasteiger partial charge in [-0.15, -0.1) is 0 Å². The summed E-state index contributed by atoms with van der Waals surface area (Å²) in [5.41, 5.74) is 5.63. The Morgan fingerprint density at radius 1 is 0.875 bits per heavy atom. The highest BCUT2D eigenvalue weighted by atomic mass is 16.5. The second kappa shape index (κ2) is 6.13. The monoisotopic (exact) mass is 312 g/mol. The summed E-state index contributed by atoms with van der Waals surface area (Å²) in [6, 6.07) is 22.5. The molecule has 0 radical (unpaired) electrons. The average Bonchev–Trinajstić information content (AvgIpc) is 3.02. The Balaban J connectivity index is 1.85. The lowest BCUT2D eigenvalue weighted by Gasteiger charge is -2.05. The molecule has 0 saturated carbocycles. The molecule has 24 heavy (non-hydrogen) atoms. The van der Waals surface area contributed by atoms with E-state index in [0.717, 1.165) is 33.5 Å². The Morgan fingerprint density at radius 2 is 1.58 bits per heavy atom. The van der Waals surface area contributed by atoms with Crippen molar-refractivity contribution in [3.05, 3.63) is 83.7 Å². The van der Waals surface area contributed by atoms with E-state index in [1.807, 2.05) is 55.5 Å². The summed E-state index contributed by atoms with van der Waals surface area (Å²) < 4.78 is 5.41. The first-order chi connectivity index (χ1) is 11.8. The van der Waals surface area contributed by atoms with Crippen LogP contribution in [0.25, 0.3) is 34.4 Å². The molecule has 2 aromatic carbocycles. The number of fused-ring (bicyclic) bond motifs is 1. The molecule has 0 unspecified atom stereocenters. The number of aryl methyl sites for hydroxylation is 1. The smallest absolute Gasteiger partial charge is 0.259 e. The summed E-state index contributed by atoms with van der Waals surface area (Å²) in [7, 11) is 0. The molecule has 0 atom stereocenters. The van der Waals surface area contributed by atoms with Crippen LogP contribution in [-0.2, 0) is 0 Å². The lowest BCUT2D eigenvalue weighted by molar-refractivity contribution is 0.443. The Morgan fingerprint density at radius 3 is 2.33 bits per heavy atom. The zero-order valence-electron chi connectivity index (χ0n) is 13.3. The Labute approximate surface area is 140 Å². The SMILES string of the molecule is Cc1noc2nc(C=Cc3ccccc3)cc(-c3ccccc3)c12. The lowest BCUT2D eigenvalue weighted by Crippen LogP contribution is -1.87. The molecule has 116 valence electrons. The molecule has 0 N–H and O–H groups in total. The zero-order chi connectivity index (χ0) is 16.4. The number of hydrogen-bond acceptors (Lipinski definition) is 3. The normalized spacial score (nSPS) is 11.4. The van der Waals surface area contributed by atoms with E-state index >= 15 is 0 Å². The molecule has 4 aromatic rings. The zero-order valence-corrected chi connectivity index (χ0v) is 13.3. The number of hydrogen-bond donors (Lipinski definition) is 0. The topological polar surface area (TPSA) is 38.9 Å². The summed E-state index contributed by atoms with van der Waals surface area (Å²) in [5.74, 6) is 0. The van der Waals surface area contributed by atoms with Gasteiger partial charge in [0, 0.05) is 0 Å². The minimum absolute atomic E-state index is 0.571. The Kier molecular flexibility index (Phi) is 3.67. The maximum Gasteiger partial charge on any atom is 0.259 e. The second-order valence-corrected chi connectivity index (χ2v) is 5.65. The van der Waals surface area contributed by atoms with Gasteiger partial charge in [-0.05, 0) is 35.8 Å². The van der Waals surface area contributed by atoms with Gasteiger partial charge in [0.15, 0.2) is 0 Å². The van der Waals surface area contributed by atoms with Crippen LogP contribution in [0.4, 0.5) is 0 Å². The van der Waals surface area contributed by atoms with Crippen LogP contribution in [-0.4, -0.2) is 10.1 Å². The minimum Gasteiger partial charge on any atom is -0.336 e. The Hall–Kier alpha value is -3.20. The van der Waals surface area contributed by atoms with Crippen LogP contribution in [0.1, 0.15) is 17.0 Å². The van der Waals surface area contributed by atoms with E-state index in [4.69, 9.17) is 4.52 Å². The molecule has 2 heterocycles. The summed E-state index contributed by atoms with van der Waals surface area (Å²) >= 11 is 0.